The standard InChI is InChI=1S/C17H24N4/c1-5-10-15-19-16(18-6-2)13(3)17(20-15)21(4)14-11-8-7-9-12-14/h7-9,11-12H,5-6,10H2,1-4H3,(H,18,19,20). The summed E-state index contributed by atoms with van der Waals surface area (Å²) in [7, 11) is 2.05. The van der Waals surface area contributed by atoms with Crippen LogP contribution in [0.4, 0.5) is 17.3 Å². The molecule has 0 bridgehead atoms. The number of aryl methyl sites for hydroxylation is 1. The maximum atomic E-state index is 4.76. The van der Waals surface area contributed by atoms with E-state index in [1.807, 2.05) is 18.2 Å². The lowest BCUT2D eigenvalue weighted by Crippen LogP contribution is -2.16. The highest BCUT2D eigenvalue weighted by Crippen LogP contribution is 2.28. The molecule has 1 N–H and O–H groups in total. The van der Waals surface area contributed by atoms with Crippen molar-refractivity contribution in [1.29, 1.82) is 0 Å². The molecule has 0 aliphatic heterocycles. The van der Waals surface area contributed by atoms with E-state index in [0.29, 0.717) is 0 Å². The number of hydrogen-bond acceptors (Lipinski definition) is 4. The minimum Gasteiger partial charge on any atom is -0.370 e. The average Bonchev–Trinajstić information content (AvgIpc) is 2.51. The second kappa shape index (κ2) is 7.07. The van der Waals surface area contributed by atoms with Crippen LogP contribution in [-0.4, -0.2) is 23.6 Å². The topological polar surface area (TPSA) is 41.1 Å². The van der Waals surface area contributed by atoms with Crippen LogP contribution in [0.5, 0.6) is 0 Å². The summed E-state index contributed by atoms with van der Waals surface area (Å²) in [5.41, 5.74) is 2.22. The van der Waals surface area contributed by atoms with Crippen LogP contribution in [0.3, 0.4) is 0 Å². The van der Waals surface area contributed by atoms with Gasteiger partial charge in [-0.15, -0.1) is 0 Å². The fourth-order valence-electron chi connectivity index (χ4n) is 2.33. The van der Waals surface area contributed by atoms with Crippen LogP contribution >= 0.6 is 0 Å². The number of anilines is 3. The van der Waals surface area contributed by atoms with E-state index in [1.165, 1.54) is 0 Å². The minimum atomic E-state index is 0.859. The van der Waals surface area contributed by atoms with Crippen molar-refractivity contribution in [3.63, 3.8) is 0 Å². The fourth-order valence-corrected chi connectivity index (χ4v) is 2.33. The van der Waals surface area contributed by atoms with Crippen molar-refractivity contribution in [2.45, 2.75) is 33.6 Å². The predicted octanol–water partition coefficient (Wildman–Crippen LogP) is 3.94. The van der Waals surface area contributed by atoms with E-state index in [0.717, 1.165) is 48.1 Å². The van der Waals surface area contributed by atoms with Crippen molar-refractivity contribution in [2.75, 3.05) is 23.8 Å². The van der Waals surface area contributed by atoms with Crippen molar-refractivity contribution >= 4 is 17.3 Å². The highest BCUT2D eigenvalue weighted by molar-refractivity contribution is 5.66. The number of aromatic nitrogens is 2. The normalized spacial score (nSPS) is 10.5. The van der Waals surface area contributed by atoms with E-state index in [1.54, 1.807) is 0 Å². The fraction of sp³-hybridized carbons (Fsp3) is 0.412. The molecular formula is C17H24N4. The van der Waals surface area contributed by atoms with Crippen LogP contribution in [0.25, 0.3) is 0 Å². The number of rotatable bonds is 6. The number of benzene rings is 1. The zero-order valence-corrected chi connectivity index (χ0v) is 13.3. The van der Waals surface area contributed by atoms with Gasteiger partial charge in [-0.2, -0.15) is 0 Å². The molecular weight excluding hydrogens is 260 g/mol. The van der Waals surface area contributed by atoms with Gasteiger partial charge in [0.2, 0.25) is 0 Å². The molecule has 2 rings (SSSR count). The summed E-state index contributed by atoms with van der Waals surface area (Å²) in [5, 5.41) is 3.34. The summed E-state index contributed by atoms with van der Waals surface area (Å²) >= 11 is 0. The monoisotopic (exact) mass is 284 g/mol. The van der Waals surface area contributed by atoms with E-state index in [9.17, 15) is 0 Å². The third kappa shape index (κ3) is 3.51. The smallest absolute Gasteiger partial charge is 0.141 e. The summed E-state index contributed by atoms with van der Waals surface area (Å²) in [5.74, 6) is 2.81. The molecule has 0 unspecified atom stereocenters. The largest absolute Gasteiger partial charge is 0.370 e. The first-order valence-electron chi connectivity index (χ1n) is 7.57. The lowest BCUT2D eigenvalue weighted by molar-refractivity contribution is 0.826. The number of para-hydroxylation sites is 1. The Balaban J connectivity index is 2.45. The van der Waals surface area contributed by atoms with Gasteiger partial charge in [0.25, 0.3) is 0 Å². The molecule has 0 aliphatic rings. The third-order valence-corrected chi connectivity index (χ3v) is 3.45. The average molecular weight is 284 g/mol. The van der Waals surface area contributed by atoms with Crippen LogP contribution in [0.15, 0.2) is 30.3 Å². The molecule has 1 aromatic heterocycles. The van der Waals surface area contributed by atoms with E-state index in [4.69, 9.17) is 4.98 Å². The van der Waals surface area contributed by atoms with Crippen LogP contribution < -0.4 is 10.2 Å². The quantitative estimate of drug-likeness (QED) is 0.872. The Kier molecular flexibility index (Phi) is 5.14. The molecule has 1 aromatic carbocycles. The van der Waals surface area contributed by atoms with Crippen LogP contribution in [0.1, 0.15) is 31.7 Å². The molecule has 21 heavy (non-hydrogen) atoms. The summed E-state index contributed by atoms with van der Waals surface area (Å²) < 4.78 is 0. The number of hydrogen-bond donors (Lipinski definition) is 1. The van der Waals surface area contributed by atoms with Gasteiger partial charge in [-0.3, -0.25) is 0 Å². The molecule has 1 heterocycles. The summed E-state index contributed by atoms with van der Waals surface area (Å²) in [4.78, 5) is 11.5. The summed E-state index contributed by atoms with van der Waals surface area (Å²) in [6.45, 7) is 7.17. The van der Waals surface area contributed by atoms with E-state index >= 15 is 0 Å². The lowest BCUT2D eigenvalue weighted by Gasteiger charge is -2.22. The van der Waals surface area contributed by atoms with Gasteiger partial charge in [-0.25, -0.2) is 9.97 Å². The Morgan fingerprint density at radius 1 is 1.10 bits per heavy atom. The number of nitrogens with one attached hydrogen (secondary N) is 1. The zero-order valence-electron chi connectivity index (χ0n) is 13.3. The second-order valence-electron chi connectivity index (χ2n) is 5.11. The molecule has 0 radical (unpaired) electrons. The maximum Gasteiger partial charge on any atom is 0.141 e. The van der Waals surface area contributed by atoms with E-state index < -0.39 is 0 Å². The van der Waals surface area contributed by atoms with Crippen molar-refractivity contribution in [2.24, 2.45) is 0 Å². The van der Waals surface area contributed by atoms with Gasteiger partial charge in [-0.1, -0.05) is 25.1 Å². The Labute approximate surface area is 127 Å². The van der Waals surface area contributed by atoms with Gasteiger partial charge >= 0.3 is 0 Å². The zero-order chi connectivity index (χ0) is 15.2. The highest BCUT2D eigenvalue weighted by atomic mass is 15.2. The van der Waals surface area contributed by atoms with Crippen LogP contribution in [-0.2, 0) is 6.42 Å². The SMILES string of the molecule is CCCc1nc(NCC)c(C)c(N(C)c2ccccc2)n1. The molecule has 0 saturated carbocycles. The van der Waals surface area contributed by atoms with Gasteiger partial charge in [0.1, 0.15) is 17.5 Å². The predicted molar refractivity (Wildman–Crippen MR) is 89.4 cm³/mol. The van der Waals surface area contributed by atoms with Crippen molar-refractivity contribution in [3.05, 3.63) is 41.7 Å². The summed E-state index contributed by atoms with van der Waals surface area (Å²) in [6, 6.07) is 10.3. The molecule has 0 aliphatic carbocycles. The lowest BCUT2D eigenvalue weighted by atomic mass is 10.2. The van der Waals surface area contributed by atoms with Crippen LogP contribution in [0.2, 0.25) is 0 Å². The molecule has 0 amide bonds. The van der Waals surface area contributed by atoms with Gasteiger partial charge in [0.15, 0.2) is 0 Å². The van der Waals surface area contributed by atoms with Gasteiger partial charge in [0.05, 0.1) is 0 Å². The van der Waals surface area contributed by atoms with Crippen molar-refractivity contribution < 1.29 is 0 Å². The first-order chi connectivity index (χ1) is 10.2. The summed E-state index contributed by atoms with van der Waals surface area (Å²) in [6.07, 6.45) is 1.94. The molecule has 4 heteroatoms. The third-order valence-electron chi connectivity index (χ3n) is 3.45. The molecule has 0 fully saturated rings. The van der Waals surface area contributed by atoms with E-state index in [-0.39, 0.29) is 0 Å². The van der Waals surface area contributed by atoms with E-state index in [2.05, 4.69) is 55.2 Å². The number of nitrogens with zero attached hydrogens (tertiary/aromatic N) is 3. The first-order valence-corrected chi connectivity index (χ1v) is 7.57. The Morgan fingerprint density at radius 2 is 1.81 bits per heavy atom. The molecule has 112 valence electrons. The van der Waals surface area contributed by atoms with Crippen molar-refractivity contribution in [1.82, 2.24) is 9.97 Å². The minimum absolute atomic E-state index is 0.859. The van der Waals surface area contributed by atoms with Gasteiger partial charge in [-0.05, 0) is 32.4 Å². The maximum absolute atomic E-state index is 4.76. The molecule has 2 aromatic rings. The molecule has 4 nitrogen and oxygen atoms in total. The Hall–Kier alpha value is -2.10. The molecule has 0 saturated heterocycles. The Bertz CT molecular complexity index is 581. The second-order valence-corrected chi connectivity index (χ2v) is 5.11. The van der Waals surface area contributed by atoms with Gasteiger partial charge < -0.3 is 10.2 Å². The Morgan fingerprint density at radius 3 is 2.43 bits per heavy atom. The van der Waals surface area contributed by atoms with Crippen molar-refractivity contribution in [3.8, 4) is 0 Å². The first kappa shape index (κ1) is 15.3. The van der Waals surface area contributed by atoms with Gasteiger partial charge in [0, 0.05) is 31.3 Å². The molecule has 0 atom stereocenters. The highest BCUT2D eigenvalue weighted by Gasteiger charge is 2.14. The molecule has 0 spiro atoms. The van der Waals surface area contributed by atoms with Crippen LogP contribution in [0, 0.1) is 6.92 Å².